The van der Waals surface area contributed by atoms with Gasteiger partial charge in [-0.05, 0) is 42.8 Å². The highest BCUT2D eigenvalue weighted by atomic mass is 79.9. The van der Waals surface area contributed by atoms with Crippen LogP contribution < -0.4 is 5.32 Å². The first kappa shape index (κ1) is 12.6. The summed E-state index contributed by atoms with van der Waals surface area (Å²) in [5, 5.41) is 7.68. The van der Waals surface area contributed by atoms with Gasteiger partial charge in [-0.2, -0.15) is 5.10 Å². The monoisotopic (exact) mass is 313 g/mol. The Labute approximate surface area is 114 Å². The molecule has 0 aromatic carbocycles. The summed E-state index contributed by atoms with van der Waals surface area (Å²) in [7, 11) is 0. The van der Waals surface area contributed by atoms with Crippen molar-refractivity contribution in [1.82, 2.24) is 9.78 Å². The van der Waals surface area contributed by atoms with Crippen LogP contribution in [0.25, 0.3) is 0 Å². The van der Waals surface area contributed by atoms with Crippen molar-refractivity contribution in [3.63, 3.8) is 0 Å². The van der Waals surface area contributed by atoms with E-state index >= 15 is 0 Å². The van der Waals surface area contributed by atoms with Gasteiger partial charge in [-0.25, -0.2) is 0 Å². The Hall–Kier alpha value is -0.810. The van der Waals surface area contributed by atoms with Crippen molar-refractivity contribution >= 4 is 33.0 Å². The van der Waals surface area contributed by atoms with E-state index in [1.165, 1.54) is 14.2 Å². The minimum Gasteiger partial charge on any atom is -0.378 e. The number of anilines is 1. The van der Waals surface area contributed by atoms with Crippen LogP contribution >= 0.6 is 27.3 Å². The lowest BCUT2D eigenvalue weighted by molar-refractivity contribution is 0.532. The van der Waals surface area contributed by atoms with Crippen molar-refractivity contribution in [3.05, 3.63) is 32.7 Å². The van der Waals surface area contributed by atoms with Gasteiger partial charge in [0.1, 0.15) is 0 Å². The second-order valence-corrected chi connectivity index (χ2v) is 6.47. The molecule has 0 aliphatic heterocycles. The lowest BCUT2D eigenvalue weighted by Gasteiger charge is -2.03. The van der Waals surface area contributed by atoms with Crippen LogP contribution in [-0.2, 0) is 6.54 Å². The highest BCUT2D eigenvalue weighted by Gasteiger charge is 2.04. The van der Waals surface area contributed by atoms with E-state index in [-0.39, 0.29) is 0 Å². The third-order valence-corrected chi connectivity index (χ3v) is 4.64. The smallest absolute Gasteiger partial charge is 0.0729 e. The first-order chi connectivity index (χ1) is 8.06. The fourth-order valence-electron chi connectivity index (χ4n) is 1.51. The minimum absolute atomic E-state index is 0.406. The molecule has 0 atom stereocenters. The molecule has 0 unspecified atom stereocenters. The summed E-state index contributed by atoms with van der Waals surface area (Å²) in [6.45, 7) is 7.21. The number of hydrogen-bond donors (Lipinski definition) is 1. The summed E-state index contributed by atoms with van der Waals surface area (Å²) in [5.74, 6) is 0. The molecule has 5 heteroatoms. The van der Waals surface area contributed by atoms with Crippen LogP contribution in [0.5, 0.6) is 0 Å². The minimum atomic E-state index is 0.406. The molecule has 2 rings (SSSR count). The summed E-state index contributed by atoms with van der Waals surface area (Å²) < 4.78 is 3.15. The first-order valence-electron chi connectivity index (χ1n) is 5.59. The Bertz CT molecular complexity index is 482. The van der Waals surface area contributed by atoms with Gasteiger partial charge in [0, 0.05) is 33.0 Å². The number of rotatable bonds is 4. The third-order valence-electron chi connectivity index (χ3n) is 2.51. The first-order valence-corrected chi connectivity index (χ1v) is 7.20. The zero-order chi connectivity index (χ0) is 12.4. The number of aromatic nitrogens is 2. The number of halogens is 1. The standard InChI is InChI=1S/C12H16BrN3S/c1-8(2)16-7-10(5-15-16)14-6-11-4-12(13)9(3)17-11/h4-5,7-8,14H,6H2,1-3H3. The number of aryl methyl sites for hydroxylation is 1. The highest BCUT2D eigenvalue weighted by Crippen LogP contribution is 2.26. The van der Waals surface area contributed by atoms with Crippen molar-refractivity contribution in [2.75, 3.05) is 5.32 Å². The Morgan fingerprint density at radius 1 is 1.53 bits per heavy atom. The lowest BCUT2D eigenvalue weighted by atomic mass is 10.4. The predicted octanol–water partition coefficient (Wildman–Crippen LogP) is 4.21. The van der Waals surface area contributed by atoms with Gasteiger partial charge in [0.15, 0.2) is 0 Å². The molecule has 0 aliphatic rings. The average molecular weight is 314 g/mol. The Balaban J connectivity index is 1.97. The summed E-state index contributed by atoms with van der Waals surface area (Å²) in [5.41, 5.74) is 1.07. The summed E-state index contributed by atoms with van der Waals surface area (Å²) in [4.78, 5) is 2.64. The van der Waals surface area contributed by atoms with Gasteiger partial charge in [-0.3, -0.25) is 4.68 Å². The molecule has 0 radical (unpaired) electrons. The maximum absolute atomic E-state index is 4.30. The van der Waals surface area contributed by atoms with Gasteiger partial charge < -0.3 is 5.32 Å². The highest BCUT2D eigenvalue weighted by molar-refractivity contribution is 9.10. The molecule has 2 aromatic rings. The molecular formula is C12H16BrN3S. The van der Waals surface area contributed by atoms with Crippen LogP contribution in [0, 0.1) is 6.92 Å². The third kappa shape index (κ3) is 3.10. The van der Waals surface area contributed by atoms with Crippen molar-refractivity contribution < 1.29 is 0 Å². The van der Waals surface area contributed by atoms with E-state index in [1.807, 2.05) is 28.4 Å². The van der Waals surface area contributed by atoms with Crippen molar-refractivity contribution in [2.24, 2.45) is 0 Å². The van der Waals surface area contributed by atoms with Crippen molar-refractivity contribution in [1.29, 1.82) is 0 Å². The molecule has 2 heterocycles. The van der Waals surface area contributed by atoms with E-state index in [0.717, 1.165) is 12.2 Å². The van der Waals surface area contributed by atoms with E-state index < -0.39 is 0 Å². The predicted molar refractivity (Wildman–Crippen MR) is 76.7 cm³/mol. The van der Waals surface area contributed by atoms with Crippen LogP contribution in [0.15, 0.2) is 22.9 Å². The maximum atomic E-state index is 4.30. The maximum Gasteiger partial charge on any atom is 0.0729 e. The van der Waals surface area contributed by atoms with Crippen molar-refractivity contribution in [2.45, 2.75) is 33.4 Å². The second-order valence-electron chi connectivity index (χ2n) is 4.27. The Kier molecular flexibility index (Phi) is 3.89. The van der Waals surface area contributed by atoms with E-state index in [9.17, 15) is 0 Å². The summed E-state index contributed by atoms with van der Waals surface area (Å²) in [6, 6.07) is 2.57. The SMILES string of the molecule is Cc1sc(CNc2cnn(C(C)C)c2)cc1Br. The van der Waals surface area contributed by atoms with E-state index in [4.69, 9.17) is 0 Å². The van der Waals surface area contributed by atoms with Gasteiger partial charge in [-0.1, -0.05) is 0 Å². The molecule has 3 nitrogen and oxygen atoms in total. The molecule has 0 spiro atoms. The number of nitrogens with one attached hydrogen (secondary N) is 1. The zero-order valence-electron chi connectivity index (χ0n) is 10.2. The normalized spacial score (nSPS) is 11.1. The largest absolute Gasteiger partial charge is 0.378 e. The molecule has 0 saturated heterocycles. The molecule has 17 heavy (non-hydrogen) atoms. The topological polar surface area (TPSA) is 29.9 Å². The van der Waals surface area contributed by atoms with Gasteiger partial charge in [0.05, 0.1) is 11.9 Å². The average Bonchev–Trinajstić information content (AvgIpc) is 2.84. The quantitative estimate of drug-likeness (QED) is 0.916. The lowest BCUT2D eigenvalue weighted by Crippen LogP contribution is -2.00. The molecule has 0 aliphatic carbocycles. The molecular weight excluding hydrogens is 298 g/mol. The van der Waals surface area contributed by atoms with Crippen LogP contribution in [0.2, 0.25) is 0 Å². The van der Waals surface area contributed by atoms with Crippen LogP contribution in [0.1, 0.15) is 29.6 Å². The fourth-order valence-corrected chi connectivity index (χ4v) is 3.05. The summed E-state index contributed by atoms with van der Waals surface area (Å²) >= 11 is 5.34. The Morgan fingerprint density at radius 3 is 2.82 bits per heavy atom. The van der Waals surface area contributed by atoms with Gasteiger partial charge in [-0.15, -0.1) is 11.3 Å². The zero-order valence-corrected chi connectivity index (χ0v) is 12.6. The number of nitrogens with zero attached hydrogens (tertiary/aromatic N) is 2. The molecule has 0 saturated carbocycles. The number of hydrogen-bond acceptors (Lipinski definition) is 3. The molecule has 92 valence electrons. The fraction of sp³-hybridized carbons (Fsp3) is 0.417. The van der Waals surface area contributed by atoms with Crippen LogP contribution in [0.4, 0.5) is 5.69 Å². The molecule has 0 bridgehead atoms. The second kappa shape index (κ2) is 5.23. The summed E-state index contributed by atoms with van der Waals surface area (Å²) in [6.07, 6.45) is 3.91. The van der Waals surface area contributed by atoms with Gasteiger partial charge in [0.25, 0.3) is 0 Å². The van der Waals surface area contributed by atoms with Gasteiger partial charge >= 0.3 is 0 Å². The number of thiophene rings is 1. The van der Waals surface area contributed by atoms with Crippen LogP contribution in [-0.4, -0.2) is 9.78 Å². The van der Waals surface area contributed by atoms with E-state index in [0.29, 0.717) is 6.04 Å². The molecule has 0 fully saturated rings. The van der Waals surface area contributed by atoms with Crippen LogP contribution in [0.3, 0.4) is 0 Å². The van der Waals surface area contributed by atoms with Crippen molar-refractivity contribution in [3.8, 4) is 0 Å². The Morgan fingerprint density at radius 2 is 2.29 bits per heavy atom. The molecule has 2 aromatic heterocycles. The van der Waals surface area contributed by atoms with Gasteiger partial charge in [0.2, 0.25) is 0 Å². The molecule has 1 N–H and O–H groups in total. The molecule has 0 amide bonds. The van der Waals surface area contributed by atoms with E-state index in [1.54, 1.807) is 0 Å². The van der Waals surface area contributed by atoms with E-state index in [2.05, 4.69) is 53.2 Å².